The smallest absolute Gasteiger partial charge is 0.237 e. The van der Waals surface area contributed by atoms with Crippen LogP contribution < -0.4 is 15.8 Å². The number of hydrogen-bond donors (Lipinski definition) is 2. The molecule has 0 aliphatic heterocycles. The van der Waals surface area contributed by atoms with Crippen LogP contribution in [-0.2, 0) is 11.2 Å². The number of hydrogen-bond acceptors (Lipinski definition) is 4. The zero-order valence-corrected chi connectivity index (χ0v) is 19.0. The van der Waals surface area contributed by atoms with Crippen LogP contribution in [0.2, 0.25) is 0 Å². The van der Waals surface area contributed by atoms with Gasteiger partial charge < -0.3 is 15.8 Å². The van der Waals surface area contributed by atoms with Crippen LogP contribution in [0.25, 0.3) is 0 Å². The average Bonchev–Trinajstić information content (AvgIpc) is 2.71. The molecule has 5 nitrogen and oxygen atoms in total. The molecule has 1 amide bonds. The lowest BCUT2D eigenvalue weighted by Crippen LogP contribution is -2.45. The molecule has 2 unspecified atom stereocenters. The Morgan fingerprint density at radius 1 is 1.07 bits per heavy atom. The van der Waals surface area contributed by atoms with Crippen molar-refractivity contribution in [3.8, 4) is 5.75 Å². The summed E-state index contributed by atoms with van der Waals surface area (Å²) in [6, 6.07) is 17.4. The number of methoxy groups -OCH3 is 1. The van der Waals surface area contributed by atoms with E-state index in [0.29, 0.717) is 13.0 Å². The molecule has 0 saturated carbocycles. The molecule has 2 aromatic rings. The second-order valence-corrected chi connectivity index (χ2v) is 6.55. The molecule has 7 heteroatoms. The Labute approximate surface area is 186 Å². The maximum atomic E-state index is 12.5. The number of nitrogens with zero attached hydrogens (tertiary/aromatic N) is 1. The Bertz CT molecular complexity index is 712. The molecular weight excluding hydrogens is 409 g/mol. The molecule has 0 radical (unpaired) electrons. The number of halogens is 2. The van der Waals surface area contributed by atoms with Gasteiger partial charge in [-0.1, -0.05) is 56.3 Å². The largest absolute Gasteiger partial charge is 0.497 e. The monoisotopic (exact) mass is 441 g/mol. The third kappa shape index (κ3) is 8.23. The third-order valence-corrected chi connectivity index (χ3v) is 4.84. The topological polar surface area (TPSA) is 67.6 Å². The van der Waals surface area contributed by atoms with Gasteiger partial charge in [-0.2, -0.15) is 0 Å². The van der Waals surface area contributed by atoms with Gasteiger partial charge in [-0.25, -0.2) is 0 Å². The van der Waals surface area contributed by atoms with Crippen molar-refractivity contribution in [2.45, 2.75) is 32.4 Å². The van der Waals surface area contributed by atoms with Crippen LogP contribution in [0, 0.1) is 0 Å². The molecule has 162 valence electrons. The number of nitrogens with two attached hydrogens (primary N) is 1. The molecule has 0 fully saturated rings. The van der Waals surface area contributed by atoms with Gasteiger partial charge in [0.1, 0.15) is 5.75 Å². The summed E-state index contributed by atoms with van der Waals surface area (Å²) in [6.07, 6.45) is 0.530. The Kier molecular flexibility index (Phi) is 13.4. The highest BCUT2D eigenvalue weighted by Crippen LogP contribution is 2.23. The summed E-state index contributed by atoms with van der Waals surface area (Å²) in [7, 11) is 1.66. The standard InChI is InChI=1S/C22H31N3O2.2ClH/c1-4-25(5-2)21(18-12-9-13-19(15-18)27-3)16-24-22(26)20(23)14-17-10-7-6-8-11-17;;/h6-13,15,20-21H,4-5,14,16,23H2,1-3H3,(H,24,26);2*1H. The van der Waals surface area contributed by atoms with Crippen molar-refractivity contribution in [1.82, 2.24) is 10.2 Å². The van der Waals surface area contributed by atoms with E-state index in [9.17, 15) is 4.79 Å². The van der Waals surface area contributed by atoms with E-state index in [-0.39, 0.29) is 36.8 Å². The van der Waals surface area contributed by atoms with Gasteiger partial charge in [-0.05, 0) is 42.8 Å². The molecule has 0 aliphatic rings. The molecule has 0 saturated heterocycles. The molecule has 2 aromatic carbocycles. The first-order valence-corrected chi connectivity index (χ1v) is 9.54. The maximum Gasteiger partial charge on any atom is 0.237 e. The number of carbonyl (C=O) groups excluding carboxylic acids is 1. The molecule has 2 rings (SSSR count). The van der Waals surface area contributed by atoms with Gasteiger partial charge in [0.15, 0.2) is 0 Å². The Morgan fingerprint density at radius 2 is 1.72 bits per heavy atom. The predicted octanol–water partition coefficient (Wildman–Crippen LogP) is 3.61. The molecule has 0 aromatic heterocycles. The first kappa shape index (κ1) is 27.2. The minimum atomic E-state index is -0.560. The van der Waals surface area contributed by atoms with E-state index < -0.39 is 6.04 Å². The second kappa shape index (κ2) is 14.2. The number of nitrogens with one attached hydrogen (secondary N) is 1. The van der Waals surface area contributed by atoms with Gasteiger partial charge in [0.05, 0.1) is 19.2 Å². The quantitative estimate of drug-likeness (QED) is 0.590. The van der Waals surface area contributed by atoms with E-state index >= 15 is 0 Å². The lowest BCUT2D eigenvalue weighted by Gasteiger charge is -2.31. The average molecular weight is 442 g/mol. The molecule has 0 spiro atoms. The fourth-order valence-electron chi connectivity index (χ4n) is 3.26. The lowest BCUT2D eigenvalue weighted by atomic mass is 10.0. The Hall–Kier alpha value is -1.79. The molecule has 0 bridgehead atoms. The van der Waals surface area contributed by atoms with E-state index in [1.54, 1.807) is 7.11 Å². The van der Waals surface area contributed by atoms with Crippen LogP contribution in [0.15, 0.2) is 54.6 Å². The number of amides is 1. The van der Waals surface area contributed by atoms with E-state index in [0.717, 1.165) is 30.0 Å². The number of ether oxygens (including phenoxy) is 1. The highest BCUT2D eigenvalue weighted by Gasteiger charge is 2.21. The molecule has 2 atom stereocenters. The third-order valence-electron chi connectivity index (χ3n) is 4.84. The van der Waals surface area contributed by atoms with Crippen molar-refractivity contribution in [1.29, 1.82) is 0 Å². The van der Waals surface area contributed by atoms with Crippen molar-refractivity contribution >= 4 is 30.7 Å². The second-order valence-electron chi connectivity index (χ2n) is 6.55. The zero-order valence-electron chi connectivity index (χ0n) is 17.3. The number of likely N-dealkylation sites (N-methyl/N-ethyl adjacent to an activating group) is 1. The summed E-state index contributed by atoms with van der Waals surface area (Å²) < 4.78 is 5.36. The van der Waals surface area contributed by atoms with Crippen LogP contribution in [-0.4, -0.2) is 43.6 Å². The fourth-order valence-corrected chi connectivity index (χ4v) is 3.26. The molecule has 0 aliphatic carbocycles. The van der Waals surface area contributed by atoms with Crippen molar-refractivity contribution in [2.24, 2.45) is 5.73 Å². The van der Waals surface area contributed by atoms with E-state index in [2.05, 4.69) is 30.1 Å². The number of carbonyl (C=O) groups is 1. The fraction of sp³-hybridized carbons (Fsp3) is 0.409. The van der Waals surface area contributed by atoms with Gasteiger partial charge in [0, 0.05) is 6.54 Å². The molecule has 29 heavy (non-hydrogen) atoms. The van der Waals surface area contributed by atoms with E-state index in [1.165, 1.54) is 0 Å². The SMILES string of the molecule is CCN(CC)C(CNC(=O)C(N)Cc1ccccc1)c1cccc(OC)c1.Cl.Cl. The molecule has 0 heterocycles. The minimum Gasteiger partial charge on any atom is -0.497 e. The first-order chi connectivity index (χ1) is 13.1. The normalized spacial score (nSPS) is 12.3. The maximum absolute atomic E-state index is 12.5. The highest BCUT2D eigenvalue weighted by atomic mass is 35.5. The molecular formula is C22H33Cl2N3O2. The van der Waals surface area contributed by atoms with Crippen molar-refractivity contribution in [3.05, 3.63) is 65.7 Å². The van der Waals surface area contributed by atoms with E-state index in [4.69, 9.17) is 10.5 Å². The zero-order chi connectivity index (χ0) is 19.6. The van der Waals surface area contributed by atoms with Crippen LogP contribution in [0.5, 0.6) is 5.75 Å². The number of benzene rings is 2. The van der Waals surface area contributed by atoms with Crippen molar-refractivity contribution < 1.29 is 9.53 Å². The van der Waals surface area contributed by atoms with Crippen LogP contribution in [0.1, 0.15) is 31.0 Å². The van der Waals surface area contributed by atoms with E-state index in [1.807, 2.05) is 48.5 Å². The first-order valence-electron chi connectivity index (χ1n) is 9.54. The summed E-state index contributed by atoms with van der Waals surface area (Å²) >= 11 is 0. The van der Waals surface area contributed by atoms with Crippen LogP contribution in [0.4, 0.5) is 0 Å². The van der Waals surface area contributed by atoms with Gasteiger partial charge in [-0.15, -0.1) is 24.8 Å². The van der Waals surface area contributed by atoms with Crippen LogP contribution >= 0.6 is 24.8 Å². The molecule has 3 N–H and O–H groups in total. The van der Waals surface area contributed by atoms with Gasteiger partial charge in [0.2, 0.25) is 5.91 Å². The van der Waals surface area contributed by atoms with Gasteiger partial charge in [0.25, 0.3) is 0 Å². The predicted molar refractivity (Wildman–Crippen MR) is 124 cm³/mol. The van der Waals surface area contributed by atoms with Gasteiger partial charge >= 0.3 is 0 Å². The van der Waals surface area contributed by atoms with Crippen molar-refractivity contribution in [3.63, 3.8) is 0 Å². The Balaban J connectivity index is 0.00000392. The van der Waals surface area contributed by atoms with Gasteiger partial charge in [-0.3, -0.25) is 9.69 Å². The summed E-state index contributed by atoms with van der Waals surface area (Å²) in [5.41, 5.74) is 8.30. The summed E-state index contributed by atoms with van der Waals surface area (Å²) in [6.45, 7) is 6.55. The van der Waals surface area contributed by atoms with Crippen LogP contribution in [0.3, 0.4) is 0 Å². The Morgan fingerprint density at radius 3 is 2.31 bits per heavy atom. The van der Waals surface area contributed by atoms with Crippen molar-refractivity contribution in [2.75, 3.05) is 26.7 Å². The summed E-state index contributed by atoms with van der Waals surface area (Å²) in [5, 5.41) is 3.04. The minimum absolute atomic E-state index is 0. The summed E-state index contributed by atoms with van der Waals surface area (Å²) in [5.74, 6) is 0.690. The lowest BCUT2D eigenvalue weighted by molar-refractivity contribution is -0.122. The number of rotatable bonds is 10. The summed E-state index contributed by atoms with van der Waals surface area (Å²) in [4.78, 5) is 14.8. The highest BCUT2D eigenvalue weighted by molar-refractivity contribution is 5.85.